The molecule has 0 aromatic heterocycles. The minimum absolute atomic E-state index is 0. The quantitative estimate of drug-likeness (QED) is 0.772. The van der Waals surface area contributed by atoms with Crippen LogP contribution in [0.15, 0.2) is 12.1 Å². The van der Waals surface area contributed by atoms with Gasteiger partial charge in [0.15, 0.2) is 11.5 Å². The monoisotopic (exact) mass is 323 g/mol. The highest BCUT2D eigenvalue weighted by atomic mass is 35.5. The van der Waals surface area contributed by atoms with Crippen LogP contribution in [0, 0.1) is 0 Å². The second-order valence-corrected chi connectivity index (χ2v) is 4.62. The molecule has 0 fully saturated rings. The number of aliphatic hydroxyl groups excluding tert-OH is 1. The summed E-state index contributed by atoms with van der Waals surface area (Å²) in [4.78, 5) is 0. The van der Waals surface area contributed by atoms with Gasteiger partial charge >= 0.3 is 0 Å². The lowest BCUT2D eigenvalue weighted by Crippen LogP contribution is -2.31. The van der Waals surface area contributed by atoms with Crippen LogP contribution in [0.4, 0.5) is 0 Å². The van der Waals surface area contributed by atoms with Crippen molar-refractivity contribution in [2.24, 2.45) is 0 Å². The minimum Gasteiger partial charge on any atom is -0.493 e. The zero-order valence-electron chi connectivity index (χ0n) is 12.1. The van der Waals surface area contributed by atoms with Gasteiger partial charge in [0.25, 0.3) is 0 Å². The lowest BCUT2D eigenvalue weighted by Gasteiger charge is -2.16. The highest BCUT2D eigenvalue weighted by Gasteiger charge is 2.12. The molecule has 1 aromatic carbocycles. The average Bonchev–Trinajstić information content (AvgIpc) is 2.42. The third kappa shape index (κ3) is 5.37. The number of ether oxygens (including phenoxy) is 2. The molecule has 1 rings (SSSR count). The first-order valence-electron chi connectivity index (χ1n) is 6.49. The summed E-state index contributed by atoms with van der Waals surface area (Å²) in [5.74, 6) is 1.20. The fraction of sp³-hybridized carbons (Fsp3) is 0.571. The van der Waals surface area contributed by atoms with Gasteiger partial charge in [0, 0.05) is 12.6 Å². The number of hydrogen-bond acceptors (Lipinski definition) is 4. The SMILES string of the molecule is CCOc1c(Cl)cc(CNC(CC)CO)cc1OC.Cl. The molecule has 0 spiro atoms. The van der Waals surface area contributed by atoms with Gasteiger partial charge in [-0.15, -0.1) is 12.4 Å². The summed E-state index contributed by atoms with van der Waals surface area (Å²) in [6.45, 7) is 5.22. The highest BCUT2D eigenvalue weighted by molar-refractivity contribution is 6.32. The summed E-state index contributed by atoms with van der Waals surface area (Å²) in [7, 11) is 1.59. The van der Waals surface area contributed by atoms with Crippen molar-refractivity contribution in [3.8, 4) is 11.5 Å². The van der Waals surface area contributed by atoms with Crippen molar-refractivity contribution < 1.29 is 14.6 Å². The van der Waals surface area contributed by atoms with Gasteiger partial charge < -0.3 is 19.9 Å². The molecule has 0 bridgehead atoms. The molecule has 1 aromatic rings. The standard InChI is InChI=1S/C14H22ClNO3.ClH/c1-4-11(9-17)16-8-10-6-12(15)14(19-5-2)13(7-10)18-3;/h6-7,11,16-17H,4-5,8-9H2,1-3H3;1H. The van der Waals surface area contributed by atoms with Crippen LogP contribution in [-0.2, 0) is 6.54 Å². The molecular formula is C14H23Cl2NO3. The first-order valence-corrected chi connectivity index (χ1v) is 6.87. The van der Waals surface area contributed by atoms with Crippen LogP contribution in [0.2, 0.25) is 5.02 Å². The predicted molar refractivity (Wildman–Crippen MR) is 84.4 cm³/mol. The third-order valence-corrected chi connectivity index (χ3v) is 3.17. The Morgan fingerprint density at radius 2 is 2.05 bits per heavy atom. The maximum atomic E-state index is 9.14. The largest absolute Gasteiger partial charge is 0.493 e. The van der Waals surface area contributed by atoms with Crippen molar-refractivity contribution in [3.05, 3.63) is 22.7 Å². The Labute approximate surface area is 131 Å². The molecule has 0 radical (unpaired) electrons. The summed E-state index contributed by atoms with van der Waals surface area (Å²) in [5, 5.41) is 12.9. The summed E-state index contributed by atoms with van der Waals surface area (Å²) in [6, 6.07) is 3.84. The first kappa shape index (κ1) is 19.3. The van der Waals surface area contributed by atoms with E-state index in [-0.39, 0.29) is 25.1 Å². The lowest BCUT2D eigenvalue weighted by molar-refractivity contribution is 0.238. The molecule has 0 heterocycles. The molecule has 6 heteroatoms. The Hall–Kier alpha value is -0.680. The van der Waals surface area contributed by atoms with Gasteiger partial charge in [-0.05, 0) is 31.0 Å². The van der Waals surface area contributed by atoms with Crippen molar-refractivity contribution >= 4 is 24.0 Å². The Morgan fingerprint density at radius 3 is 2.55 bits per heavy atom. The molecule has 1 atom stereocenters. The number of aliphatic hydroxyl groups is 1. The van der Waals surface area contributed by atoms with Gasteiger partial charge in [-0.3, -0.25) is 0 Å². The van der Waals surface area contributed by atoms with Gasteiger partial charge in [-0.1, -0.05) is 18.5 Å². The topological polar surface area (TPSA) is 50.7 Å². The summed E-state index contributed by atoms with van der Waals surface area (Å²) < 4.78 is 10.8. The summed E-state index contributed by atoms with van der Waals surface area (Å²) in [5.41, 5.74) is 0.997. The third-order valence-electron chi connectivity index (χ3n) is 2.89. The van der Waals surface area contributed by atoms with E-state index in [1.54, 1.807) is 7.11 Å². The molecule has 0 aliphatic heterocycles. The van der Waals surface area contributed by atoms with Crippen LogP contribution in [0.3, 0.4) is 0 Å². The fourth-order valence-corrected chi connectivity index (χ4v) is 2.05. The Bertz CT molecular complexity index is 398. The lowest BCUT2D eigenvalue weighted by atomic mass is 10.1. The van der Waals surface area contributed by atoms with Crippen molar-refractivity contribution in [1.29, 1.82) is 0 Å². The van der Waals surface area contributed by atoms with Crippen molar-refractivity contribution in [3.63, 3.8) is 0 Å². The maximum absolute atomic E-state index is 9.14. The molecular weight excluding hydrogens is 301 g/mol. The number of benzene rings is 1. The Morgan fingerprint density at radius 1 is 1.35 bits per heavy atom. The van der Waals surface area contributed by atoms with Gasteiger partial charge in [-0.25, -0.2) is 0 Å². The van der Waals surface area contributed by atoms with E-state index in [4.69, 9.17) is 26.2 Å². The Balaban J connectivity index is 0.00000361. The van der Waals surface area contributed by atoms with E-state index in [0.717, 1.165) is 12.0 Å². The number of nitrogens with one attached hydrogen (secondary N) is 1. The smallest absolute Gasteiger partial charge is 0.179 e. The van der Waals surface area contributed by atoms with E-state index >= 15 is 0 Å². The van der Waals surface area contributed by atoms with Crippen LogP contribution in [0.25, 0.3) is 0 Å². The van der Waals surface area contributed by atoms with Crippen LogP contribution in [0.5, 0.6) is 11.5 Å². The van der Waals surface area contributed by atoms with Crippen LogP contribution < -0.4 is 14.8 Å². The van der Waals surface area contributed by atoms with E-state index < -0.39 is 0 Å². The molecule has 116 valence electrons. The number of methoxy groups -OCH3 is 1. The van der Waals surface area contributed by atoms with Crippen molar-refractivity contribution in [1.82, 2.24) is 5.32 Å². The van der Waals surface area contributed by atoms with Crippen LogP contribution in [0.1, 0.15) is 25.8 Å². The zero-order valence-corrected chi connectivity index (χ0v) is 13.7. The molecule has 0 saturated carbocycles. The second-order valence-electron chi connectivity index (χ2n) is 4.21. The number of hydrogen-bond donors (Lipinski definition) is 2. The fourth-order valence-electron chi connectivity index (χ4n) is 1.76. The number of halogens is 2. The highest BCUT2D eigenvalue weighted by Crippen LogP contribution is 2.36. The van der Waals surface area contributed by atoms with E-state index in [1.165, 1.54) is 0 Å². The molecule has 0 aliphatic rings. The Kier molecular flexibility index (Phi) is 9.76. The minimum atomic E-state index is 0. The van der Waals surface area contributed by atoms with E-state index in [0.29, 0.717) is 29.7 Å². The normalized spacial score (nSPS) is 11.7. The van der Waals surface area contributed by atoms with Gasteiger partial charge in [0.2, 0.25) is 0 Å². The van der Waals surface area contributed by atoms with E-state index in [1.807, 2.05) is 26.0 Å². The van der Waals surface area contributed by atoms with Crippen LogP contribution in [-0.4, -0.2) is 31.5 Å². The van der Waals surface area contributed by atoms with E-state index in [9.17, 15) is 0 Å². The summed E-state index contributed by atoms with van der Waals surface area (Å²) in [6.07, 6.45) is 0.873. The first-order chi connectivity index (χ1) is 9.15. The average molecular weight is 324 g/mol. The molecule has 4 nitrogen and oxygen atoms in total. The summed E-state index contributed by atoms with van der Waals surface area (Å²) >= 11 is 6.19. The maximum Gasteiger partial charge on any atom is 0.179 e. The second kappa shape index (κ2) is 10.1. The molecule has 20 heavy (non-hydrogen) atoms. The molecule has 0 saturated heterocycles. The van der Waals surface area contributed by atoms with Crippen LogP contribution >= 0.6 is 24.0 Å². The zero-order chi connectivity index (χ0) is 14.3. The van der Waals surface area contributed by atoms with E-state index in [2.05, 4.69) is 5.32 Å². The van der Waals surface area contributed by atoms with Gasteiger partial charge in [0.1, 0.15) is 0 Å². The van der Waals surface area contributed by atoms with Crippen molar-refractivity contribution in [2.75, 3.05) is 20.3 Å². The number of rotatable bonds is 8. The predicted octanol–water partition coefficient (Wildman–Crippen LogP) is 3.03. The molecule has 0 amide bonds. The molecule has 1 unspecified atom stereocenters. The van der Waals surface area contributed by atoms with Gasteiger partial charge in [0.05, 0.1) is 25.3 Å². The molecule has 0 aliphatic carbocycles. The molecule has 2 N–H and O–H groups in total. The van der Waals surface area contributed by atoms with Gasteiger partial charge in [-0.2, -0.15) is 0 Å². The van der Waals surface area contributed by atoms with Crippen molar-refractivity contribution in [2.45, 2.75) is 32.9 Å².